The molecule has 1 atom stereocenters. The maximum absolute atomic E-state index is 9.87. The minimum Gasteiger partial charge on any atom is -0.388 e. The van der Waals surface area contributed by atoms with Crippen molar-refractivity contribution in [2.45, 2.75) is 19.4 Å². The Morgan fingerprint density at radius 3 is 2.72 bits per heavy atom. The van der Waals surface area contributed by atoms with E-state index in [0.717, 1.165) is 38.8 Å². The lowest BCUT2D eigenvalue weighted by Crippen LogP contribution is -1.94. The van der Waals surface area contributed by atoms with Crippen LogP contribution < -0.4 is 0 Å². The predicted octanol–water partition coefficient (Wildman–Crippen LogP) is 4.42. The molecule has 0 fully saturated rings. The fraction of sp³-hybridized carbons (Fsp3) is 0.200. The minimum absolute atomic E-state index is 0.399. The van der Waals surface area contributed by atoms with Gasteiger partial charge in [0.2, 0.25) is 0 Å². The number of aliphatic hydroxyl groups excluding tert-OH is 1. The lowest BCUT2D eigenvalue weighted by atomic mass is 10.0. The first-order valence-electron chi connectivity index (χ1n) is 6.08. The van der Waals surface area contributed by atoms with Crippen molar-refractivity contribution in [2.75, 3.05) is 0 Å². The summed E-state index contributed by atoms with van der Waals surface area (Å²) in [5.41, 5.74) is 3.05. The van der Waals surface area contributed by atoms with Crippen LogP contribution in [0.1, 0.15) is 25.0 Å². The molecular weight excluding hydrogens is 246 g/mol. The molecule has 0 amide bonds. The van der Waals surface area contributed by atoms with Gasteiger partial charge in [0, 0.05) is 26.8 Å². The summed E-state index contributed by atoms with van der Waals surface area (Å²) in [7, 11) is 0. The van der Waals surface area contributed by atoms with E-state index in [9.17, 15) is 5.11 Å². The number of aromatic amines is 1. The predicted molar refractivity (Wildman–Crippen MR) is 76.1 cm³/mol. The summed E-state index contributed by atoms with van der Waals surface area (Å²) >= 11 is 6.03. The summed E-state index contributed by atoms with van der Waals surface area (Å²) in [6.45, 7) is 1.97. The van der Waals surface area contributed by atoms with Gasteiger partial charge in [0.05, 0.1) is 6.10 Å². The molecule has 1 unspecified atom stereocenters. The SMILES string of the molecule is CCC(O)c1ccc2c(c1)[nH]c1ccc(Cl)cc12. The molecule has 2 N–H and O–H groups in total. The Hall–Kier alpha value is -1.51. The Labute approximate surface area is 110 Å². The van der Waals surface area contributed by atoms with Crippen LogP contribution in [0.2, 0.25) is 5.02 Å². The van der Waals surface area contributed by atoms with E-state index in [1.165, 1.54) is 0 Å². The molecule has 18 heavy (non-hydrogen) atoms. The number of nitrogens with one attached hydrogen (secondary N) is 1. The average Bonchev–Trinajstić information content (AvgIpc) is 2.74. The number of rotatable bonds is 2. The van der Waals surface area contributed by atoms with Crippen LogP contribution in [0, 0.1) is 0 Å². The Kier molecular flexibility index (Phi) is 2.77. The first-order chi connectivity index (χ1) is 8.69. The van der Waals surface area contributed by atoms with Crippen molar-refractivity contribution in [2.24, 2.45) is 0 Å². The van der Waals surface area contributed by atoms with E-state index in [-0.39, 0.29) is 0 Å². The number of benzene rings is 2. The van der Waals surface area contributed by atoms with Gasteiger partial charge in [0.15, 0.2) is 0 Å². The van der Waals surface area contributed by atoms with E-state index in [2.05, 4.69) is 4.98 Å². The molecule has 0 bridgehead atoms. The molecule has 3 heteroatoms. The fourth-order valence-corrected chi connectivity index (χ4v) is 2.51. The standard InChI is InChI=1S/C15H14ClNO/c1-2-15(18)9-3-5-11-12-8-10(16)4-6-13(12)17-14(11)7-9/h3-8,15,17-18H,2H2,1H3. The number of hydrogen-bond donors (Lipinski definition) is 2. The van der Waals surface area contributed by atoms with Crippen molar-refractivity contribution in [3.05, 3.63) is 47.0 Å². The third-order valence-electron chi connectivity index (χ3n) is 3.36. The number of aliphatic hydroxyl groups is 1. The van der Waals surface area contributed by atoms with Gasteiger partial charge in [-0.05, 0) is 36.2 Å². The Balaban J connectivity index is 2.27. The molecule has 0 aliphatic rings. The molecule has 0 saturated carbocycles. The van der Waals surface area contributed by atoms with E-state index in [1.807, 2.05) is 43.3 Å². The van der Waals surface area contributed by atoms with Crippen molar-refractivity contribution >= 4 is 33.4 Å². The highest BCUT2D eigenvalue weighted by atomic mass is 35.5. The first-order valence-corrected chi connectivity index (χ1v) is 6.46. The average molecular weight is 260 g/mol. The number of fused-ring (bicyclic) bond motifs is 3. The molecule has 3 aromatic rings. The number of hydrogen-bond acceptors (Lipinski definition) is 1. The molecule has 92 valence electrons. The topological polar surface area (TPSA) is 36.0 Å². The van der Waals surface area contributed by atoms with Crippen molar-refractivity contribution < 1.29 is 5.11 Å². The summed E-state index contributed by atoms with van der Waals surface area (Å²) in [4.78, 5) is 3.35. The van der Waals surface area contributed by atoms with E-state index >= 15 is 0 Å². The molecule has 0 spiro atoms. The zero-order valence-corrected chi connectivity index (χ0v) is 10.8. The molecule has 0 aliphatic carbocycles. The molecule has 0 radical (unpaired) electrons. The van der Waals surface area contributed by atoms with Crippen LogP contribution in [-0.2, 0) is 0 Å². The highest BCUT2D eigenvalue weighted by Crippen LogP contribution is 2.30. The minimum atomic E-state index is -0.399. The summed E-state index contributed by atoms with van der Waals surface area (Å²) in [6, 6.07) is 11.8. The summed E-state index contributed by atoms with van der Waals surface area (Å²) in [5, 5.41) is 12.9. The van der Waals surface area contributed by atoms with E-state index in [4.69, 9.17) is 11.6 Å². The van der Waals surface area contributed by atoms with Crippen LogP contribution in [0.5, 0.6) is 0 Å². The van der Waals surface area contributed by atoms with Crippen LogP contribution in [0.4, 0.5) is 0 Å². The quantitative estimate of drug-likeness (QED) is 0.702. The smallest absolute Gasteiger partial charge is 0.0788 e. The van der Waals surface area contributed by atoms with Gasteiger partial charge >= 0.3 is 0 Å². The second-order valence-corrected chi connectivity index (χ2v) is 4.98. The zero-order valence-electron chi connectivity index (χ0n) is 10.1. The molecule has 0 saturated heterocycles. The van der Waals surface area contributed by atoms with Gasteiger partial charge in [-0.1, -0.05) is 30.7 Å². The maximum Gasteiger partial charge on any atom is 0.0788 e. The summed E-state index contributed by atoms with van der Waals surface area (Å²) < 4.78 is 0. The molecule has 0 aliphatic heterocycles. The van der Waals surface area contributed by atoms with Gasteiger partial charge in [-0.15, -0.1) is 0 Å². The van der Waals surface area contributed by atoms with Gasteiger partial charge in [-0.3, -0.25) is 0 Å². The van der Waals surface area contributed by atoms with Gasteiger partial charge in [-0.2, -0.15) is 0 Å². The second-order valence-electron chi connectivity index (χ2n) is 4.54. The van der Waals surface area contributed by atoms with Crippen molar-refractivity contribution in [3.8, 4) is 0 Å². The molecule has 3 rings (SSSR count). The monoisotopic (exact) mass is 259 g/mol. The van der Waals surface area contributed by atoms with Gasteiger partial charge in [0.25, 0.3) is 0 Å². The second kappa shape index (κ2) is 4.30. The fourth-order valence-electron chi connectivity index (χ4n) is 2.34. The third-order valence-corrected chi connectivity index (χ3v) is 3.59. The maximum atomic E-state index is 9.87. The van der Waals surface area contributed by atoms with Gasteiger partial charge in [-0.25, -0.2) is 0 Å². The lowest BCUT2D eigenvalue weighted by Gasteiger charge is -2.07. The Bertz CT molecular complexity index is 717. The third kappa shape index (κ3) is 1.78. The van der Waals surface area contributed by atoms with Crippen molar-refractivity contribution in [1.29, 1.82) is 0 Å². The van der Waals surface area contributed by atoms with Crippen LogP contribution in [-0.4, -0.2) is 10.1 Å². The van der Waals surface area contributed by atoms with Crippen LogP contribution in [0.25, 0.3) is 21.8 Å². The molecule has 1 heterocycles. The van der Waals surface area contributed by atoms with Gasteiger partial charge in [0.1, 0.15) is 0 Å². The molecule has 2 aromatic carbocycles. The van der Waals surface area contributed by atoms with E-state index in [1.54, 1.807) is 0 Å². The van der Waals surface area contributed by atoms with Crippen molar-refractivity contribution in [3.63, 3.8) is 0 Å². The number of halogens is 1. The van der Waals surface area contributed by atoms with E-state index in [0.29, 0.717) is 0 Å². The zero-order chi connectivity index (χ0) is 12.7. The normalized spacial score (nSPS) is 13.3. The number of aromatic nitrogens is 1. The number of H-pyrrole nitrogens is 1. The van der Waals surface area contributed by atoms with Crippen LogP contribution >= 0.6 is 11.6 Å². The lowest BCUT2D eigenvalue weighted by molar-refractivity contribution is 0.174. The van der Waals surface area contributed by atoms with Crippen LogP contribution in [0.3, 0.4) is 0 Å². The highest BCUT2D eigenvalue weighted by Gasteiger charge is 2.09. The molecule has 2 nitrogen and oxygen atoms in total. The summed E-state index contributed by atoms with van der Waals surface area (Å²) in [6.07, 6.45) is 0.321. The van der Waals surface area contributed by atoms with Crippen molar-refractivity contribution in [1.82, 2.24) is 4.98 Å². The Morgan fingerprint density at radius 1 is 1.11 bits per heavy atom. The molecule has 1 aromatic heterocycles. The van der Waals surface area contributed by atoms with E-state index < -0.39 is 6.10 Å². The summed E-state index contributed by atoms with van der Waals surface area (Å²) in [5.74, 6) is 0. The van der Waals surface area contributed by atoms with Gasteiger partial charge < -0.3 is 10.1 Å². The highest BCUT2D eigenvalue weighted by molar-refractivity contribution is 6.31. The Morgan fingerprint density at radius 2 is 1.94 bits per heavy atom. The first kappa shape index (κ1) is 11.6. The largest absolute Gasteiger partial charge is 0.388 e. The van der Waals surface area contributed by atoms with Crippen LogP contribution in [0.15, 0.2) is 36.4 Å². The molecular formula is C15H14ClNO.